The highest BCUT2D eigenvalue weighted by atomic mass is 16.6. The van der Waals surface area contributed by atoms with Gasteiger partial charge < -0.3 is 15.6 Å². The fourth-order valence-corrected chi connectivity index (χ4v) is 2.74. The lowest BCUT2D eigenvalue weighted by Crippen LogP contribution is -2.39. The topological polar surface area (TPSA) is 96.5 Å². The van der Waals surface area contributed by atoms with E-state index in [1.165, 1.54) is 12.5 Å². The Kier molecular flexibility index (Phi) is 5.35. The van der Waals surface area contributed by atoms with Crippen LogP contribution >= 0.6 is 0 Å². The first-order valence-corrected chi connectivity index (χ1v) is 7.37. The van der Waals surface area contributed by atoms with Crippen LogP contribution in [0.25, 0.3) is 0 Å². The van der Waals surface area contributed by atoms with Crippen LogP contribution in [0.4, 0.5) is 17.1 Å². The van der Waals surface area contributed by atoms with Gasteiger partial charge in [0.25, 0.3) is 5.69 Å². The van der Waals surface area contributed by atoms with Crippen molar-refractivity contribution >= 4 is 17.1 Å². The van der Waals surface area contributed by atoms with Gasteiger partial charge in [-0.3, -0.25) is 16.0 Å². The van der Waals surface area contributed by atoms with Gasteiger partial charge in [0.2, 0.25) is 0 Å². The molecule has 1 heterocycles. The van der Waals surface area contributed by atoms with Crippen LogP contribution in [0.2, 0.25) is 0 Å². The third-order valence-corrected chi connectivity index (χ3v) is 3.79. The van der Waals surface area contributed by atoms with Crippen LogP contribution in [-0.4, -0.2) is 35.5 Å². The van der Waals surface area contributed by atoms with Gasteiger partial charge in [0.1, 0.15) is 0 Å². The number of nitrogen functional groups attached to an aromatic ring is 1. The molecule has 0 bridgehead atoms. The number of hydrazine groups is 1. The smallest absolute Gasteiger partial charge is 0.273 e. The molecule has 1 aliphatic heterocycles. The summed E-state index contributed by atoms with van der Waals surface area (Å²) in [5, 5.41) is 14.3. The molecule has 1 fully saturated rings. The minimum absolute atomic E-state index is 0.0383. The summed E-state index contributed by atoms with van der Waals surface area (Å²) in [6.07, 6.45) is 3.27. The molecule has 4 N–H and O–H groups in total. The SMILES string of the molecule is CCCN1CCC(Nc2cc(NN)cc([N+](=O)[O-])c2)CC1. The first kappa shape index (κ1) is 15.5. The van der Waals surface area contributed by atoms with Crippen LogP contribution in [0, 0.1) is 10.1 Å². The Morgan fingerprint density at radius 2 is 2.00 bits per heavy atom. The van der Waals surface area contributed by atoms with Crippen LogP contribution in [0.15, 0.2) is 18.2 Å². The molecule has 0 aromatic heterocycles. The van der Waals surface area contributed by atoms with E-state index in [-0.39, 0.29) is 5.69 Å². The van der Waals surface area contributed by atoms with Gasteiger partial charge in [-0.25, -0.2) is 0 Å². The van der Waals surface area contributed by atoms with Crippen molar-refractivity contribution in [1.29, 1.82) is 0 Å². The fraction of sp³-hybridized carbons (Fsp3) is 0.571. The number of non-ortho nitro benzene ring substituents is 1. The molecule has 116 valence electrons. The highest BCUT2D eigenvalue weighted by Gasteiger charge is 2.19. The van der Waals surface area contributed by atoms with Crippen molar-refractivity contribution in [2.45, 2.75) is 32.2 Å². The molecule has 0 aliphatic carbocycles. The van der Waals surface area contributed by atoms with E-state index < -0.39 is 4.92 Å². The van der Waals surface area contributed by atoms with Crippen molar-refractivity contribution in [3.05, 3.63) is 28.3 Å². The summed E-state index contributed by atoms with van der Waals surface area (Å²) in [5.41, 5.74) is 3.79. The van der Waals surface area contributed by atoms with Gasteiger partial charge in [0.15, 0.2) is 0 Å². The summed E-state index contributed by atoms with van der Waals surface area (Å²) in [7, 11) is 0. The van der Waals surface area contributed by atoms with Crippen molar-refractivity contribution in [3.8, 4) is 0 Å². The molecule has 0 unspecified atom stereocenters. The number of nitrogens with one attached hydrogen (secondary N) is 2. The number of likely N-dealkylation sites (tertiary alicyclic amines) is 1. The largest absolute Gasteiger partial charge is 0.382 e. The van der Waals surface area contributed by atoms with Crippen LogP contribution in [-0.2, 0) is 0 Å². The summed E-state index contributed by atoms with van der Waals surface area (Å²) >= 11 is 0. The number of anilines is 2. The first-order valence-electron chi connectivity index (χ1n) is 7.37. The van der Waals surface area contributed by atoms with Crippen LogP contribution < -0.4 is 16.6 Å². The quantitative estimate of drug-likeness (QED) is 0.422. The number of nitro benzene ring substituents is 1. The minimum Gasteiger partial charge on any atom is -0.382 e. The fourth-order valence-electron chi connectivity index (χ4n) is 2.74. The molecule has 21 heavy (non-hydrogen) atoms. The molecule has 1 saturated heterocycles. The second-order valence-electron chi connectivity index (χ2n) is 5.43. The lowest BCUT2D eigenvalue weighted by Gasteiger charge is -2.32. The van der Waals surface area contributed by atoms with Crippen LogP contribution in [0.3, 0.4) is 0 Å². The third kappa shape index (κ3) is 4.30. The maximum absolute atomic E-state index is 10.9. The van der Waals surface area contributed by atoms with Gasteiger partial charge >= 0.3 is 0 Å². The van der Waals surface area contributed by atoms with Crippen LogP contribution in [0.5, 0.6) is 0 Å². The van der Waals surface area contributed by atoms with E-state index in [0.29, 0.717) is 11.7 Å². The zero-order chi connectivity index (χ0) is 15.2. The summed E-state index contributed by atoms with van der Waals surface area (Å²) in [6.45, 7) is 5.48. The monoisotopic (exact) mass is 293 g/mol. The molecule has 1 aromatic carbocycles. The first-order chi connectivity index (χ1) is 10.1. The highest BCUT2D eigenvalue weighted by molar-refractivity contribution is 5.63. The van der Waals surface area contributed by atoms with Crippen molar-refractivity contribution < 1.29 is 4.92 Å². The highest BCUT2D eigenvalue weighted by Crippen LogP contribution is 2.25. The molecule has 2 rings (SSSR count). The summed E-state index contributed by atoms with van der Waals surface area (Å²) in [5.74, 6) is 5.37. The number of piperidine rings is 1. The normalized spacial score (nSPS) is 16.7. The van der Waals surface area contributed by atoms with Gasteiger partial charge in [0.05, 0.1) is 10.6 Å². The predicted molar refractivity (Wildman–Crippen MR) is 84.3 cm³/mol. The molecule has 0 spiro atoms. The van der Waals surface area contributed by atoms with Crippen molar-refractivity contribution in [1.82, 2.24) is 4.90 Å². The van der Waals surface area contributed by atoms with E-state index in [0.717, 1.165) is 38.2 Å². The molecular weight excluding hydrogens is 270 g/mol. The Balaban J connectivity index is 2.00. The molecular formula is C14H23N5O2. The summed E-state index contributed by atoms with van der Waals surface area (Å²) in [4.78, 5) is 13.0. The number of benzene rings is 1. The second kappa shape index (κ2) is 7.24. The Bertz CT molecular complexity index is 486. The number of rotatable bonds is 6. The minimum atomic E-state index is -0.407. The third-order valence-electron chi connectivity index (χ3n) is 3.79. The molecule has 1 aromatic rings. The van der Waals surface area contributed by atoms with Gasteiger partial charge in [-0.05, 0) is 31.9 Å². The average Bonchev–Trinajstić information content (AvgIpc) is 2.49. The van der Waals surface area contributed by atoms with E-state index in [1.54, 1.807) is 12.1 Å². The lowest BCUT2D eigenvalue weighted by atomic mass is 10.0. The number of nitrogens with zero attached hydrogens (tertiary/aromatic N) is 2. The van der Waals surface area contributed by atoms with Gasteiger partial charge in [-0.2, -0.15) is 0 Å². The lowest BCUT2D eigenvalue weighted by molar-refractivity contribution is -0.384. The zero-order valence-corrected chi connectivity index (χ0v) is 12.3. The maximum Gasteiger partial charge on any atom is 0.273 e. The number of hydrogen-bond donors (Lipinski definition) is 3. The molecule has 7 heteroatoms. The Morgan fingerprint density at radius 3 is 2.57 bits per heavy atom. The van der Waals surface area contributed by atoms with Gasteiger partial charge in [-0.15, -0.1) is 0 Å². The molecule has 7 nitrogen and oxygen atoms in total. The number of nitro groups is 1. The summed E-state index contributed by atoms with van der Waals surface area (Å²) < 4.78 is 0. The molecule has 1 aliphatic rings. The van der Waals surface area contributed by atoms with Crippen LogP contribution in [0.1, 0.15) is 26.2 Å². The number of hydrogen-bond acceptors (Lipinski definition) is 6. The van der Waals surface area contributed by atoms with E-state index >= 15 is 0 Å². The Hall–Kier alpha value is -1.86. The van der Waals surface area contributed by atoms with Crippen molar-refractivity contribution in [3.63, 3.8) is 0 Å². The standard InChI is InChI=1S/C14H23N5O2/c1-2-5-18-6-3-11(4-7-18)16-12-8-13(17-15)10-14(9-12)19(20)21/h8-11,16-17H,2-7,15H2,1H3. The van der Waals surface area contributed by atoms with E-state index in [1.807, 2.05) is 0 Å². The van der Waals surface area contributed by atoms with Gasteiger partial charge in [0, 0.05) is 37.0 Å². The van der Waals surface area contributed by atoms with E-state index in [2.05, 4.69) is 22.6 Å². The molecule has 0 atom stereocenters. The second-order valence-corrected chi connectivity index (χ2v) is 5.43. The predicted octanol–water partition coefficient (Wildman–Crippen LogP) is 2.17. The van der Waals surface area contributed by atoms with E-state index in [9.17, 15) is 10.1 Å². The summed E-state index contributed by atoms with van der Waals surface area (Å²) in [6, 6.07) is 5.13. The molecule has 0 radical (unpaired) electrons. The Morgan fingerprint density at radius 1 is 1.33 bits per heavy atom. The van der Waals surface area contributed by atoms with Crippen molar-refractivity contribution in [2.75, 3.05) is 30.4 Å². The maximum atomic E-state index is 10.9. The Labute approximate surface area is 124 Å². The molecule has 0 saturated carbocycles. The average molecular weight is 293 g/mol. The van der Waals surface area contributed by atoms with E-state index in [4.69, 9.17) is 5.84 Å². The zero-order valence-electron chi connectivity index (χ0n) is 12.3. The van der Waals surface area contributed by atoms with Gasteiger partial charge in [-0.1, -0.05) is 6.92 Å². The number of nitrogens with two attached hydrogens (primary N) is 1. The molecule has 0 amide bonds. The van der Waals surface area contributed by atoms with Crippen molar-refractivity contribution in [2.24, 2.45) is 5.84 Å².